The molecular formula is C22H19F3O3. The number of fused-ring (bicyclic) bond motifs is 1. The lowest BCUT2D eigenvalue weighted by Gasteiger charge is -2.16. The third-order valence-electron chi connectivity index (χ3n) is 4.43. The van der Waals surface area contributed by atoms with Crippen molar-refractivity contribution >= 4 is 16.7 Å². The summed E-state index contributed by atoms with van der Waals surface area (Å²) in [6, 6.07) is 15.4. The summed E-state index contributed by atoms with van der Waals surface area (Å²) in [6.45, 7) is 3.83. The van der Waals surface area contributed by atoms with Gasteiger partial charge in [-0.3, -0.25) is 4.79 Å². The van der Waals surface area contributed by atoms with Crippen molar-refractivity contribution in [2.24, 2.45) is 0 Å². The topological polar surface area (TPSA) is 35.5 Å². The van der Waals surface area contributed by atoms with Crippen LogP contribution in [0.1, 0.15) is 30.9 Å². The second-order valence-electron chi connectivity index (χ2n) is 6.30. The number of hydrogen-bond donors (Lipinski definition) is 0. The fourth-order valence-corrected chi connectivity index (χ4v) is 3.01. The van der Waals surface area contributed by atoms with E-state index in [1.165, 1.54) is 12.1 Å². The number of esters is 1. The molecule has 0 aliphatic carbocycles. The summed E-state index contributed by atoms with van der Waals surface area (Å²) < 4.78 is 49.1. The van der Waals surface area contributed by atoms with E-state index < -0.39 is 17.7 Å². The minimum atomic E-state index is -4.39. The van der Waals surface area contributed by atoms with Gasteiger partial charge in [-0.15, -0.1) is 0 Å². The molecule has 6 heteroatoms. The van der Waals surface area contributed by atoms with Gasteiger partial charge in [-0.05, 0) is 55.1 Å². The second-order valence-corrected chi connectivity index (χ2v) is 6.30. The molecule has 1 unspecified atom stereocenters. The number of halogens is 3. The third-order valence-corrected chi connectivity index (χ3v) is 4.43. The fourth-order valence-electron chi connectivity index (χ4n) is 3.01. The number of hydrogen-bond acceptors (Lipinski definition) is 3. The molecule has 0 fully saturated rings. The molecule has 0 aromatic heterocycles. The first-order valence-electron chi connectivity index (χ1n) is 8.84. The number of carbonyl (C=O) groups excluding carboxylic acids is 1. The van der Waals surface area contributed by atoms with Crippen LogP contribution < -0.4 is 4.74 Å². The maximum Gasteiger partial charge on any atom is 0.416 e. The van der Waals surface area contributed by atoms with Crippen LogP contribution in [-0.4, -0.2) is 12.6 Å². The van der Waals surface area contributed by atoms with E-state index in [1.54, 1.807) is 26.0 Å². The second kappa shape index (κ2) is 7.92. The molecule has 3 nitrogen and oxygen atoms in total. The highest BCUT2D eigenvalue weighted by Gasteiger charge is 2.30. The Bertz CT molecular complexity index is 978. The Labute approximate surface area is 160 Å². The Kier molecular flexibility index (Phi) is 5.58. The SMILES string of the molecule is CCOC(=O)C(C)c1cccc2c(Oc3ccc(C(F)(F)F)cc3)cccc12. The predicted molar refractivity (Wildman–Crippen MR) is 101 cm³/mol. The van der Waals surface area contributed by atoms with Crippen LogP contribution in [0.4, 0.5) is 13.2 Å². The highest BCUT2D eigenvalue weighted by Crippen LogP contribution is 2.35. The van der Waals surface area contributed by atoms with Crippen LogP contribution in [0.2, 0.25) is 0 Å². The summed E-state index contributed by atoms with van der Waals surface area (Å²) in [7, 11) is 0. The molecule has 0 N–H and O–H groups in total. The molecule has 3 aromatic rings. The molecule has 0 aliphatic rings. The number of rotatable bonds is 5. The smallest absolute Gasteiger partial charge is 0.416 e. The van der Waals surface area contributed by atoms with E-state index in [4.69, 9.17) is 9.47 Å². The van der Waals surface area contributed by atoms with Gasteiger partial charge in [0.05, 0.1) is 18.1 Å². The average molecular weight is 388 g/mol. The van der Waals surface area contributed by atoms with Gasteiger partial charge in [-0.2, -0.15) is 13.2 Å². The molecule has 28 heavy (non-hydrogen) atoms. The van der Waals surface area contributed by atoms with Crippen LogP contribution in [-0.2, 0) is 15.7 Å². The summed E-state index contributed by atoms with van der Waals surface area (Å²) in [5, 5.41) is 1.59. The lowest BCUT2D eigenvalue weighted by molar-refractivity contribution is -0.144. The van der Waals surface area contributed by atoms with E-state index in [1.807, 2.05) is 24.3 Å². The molecule has 0 aliphatic heterocycles. The van der Waals surface area contributed by atoms with E-state index in [2.05, 4.69) is 0 Å². The summed E-state index contributed by atoms with van der Waals surface area (Å²) >= 11 is 0. The number of carbonyl (C=O) groups is 1. The van der Waals surface area contributed by atoms with Crippen molar-refractivity contribution in [3.63, 3.8) is 0 Å². The van der Waals surface area contributed by atoms with Gasteiger partial charge >= 0.3 is 12.1 Å². The molecule has 146 valence electrons. The van der Waals surface area contributed by atoms with Crippen molar-refractivity contribution < 1.29 is 27.4 Å². The van der Waals surface area contributed by atoms with Gasteiger partial charge in [0.1, 0.15) is 11.5 Å². The molecule has 3 rings (SSSR count). The summed E-state index contributed by atoms with van der Waals surface area (Å²) in [5.74, 6) is 0.0218. The molecule has 0 saturated carbocycles. The molecule has 0 bridgehead atoms. The van der Waals surface area contributed by atoms with Crippen LogP contribution in [0.15, 0.2) is 60.7 Å². The van der Waals surface area contributed by atoms with Crippen LogP contribution >= 0.6 is 0 Å². The van der Waals surface area contributed by atoms with E-state index in [0.29, 0.717) is 18.1 Å². The summed E-state index contributed by atoms with van der Waals surface area (Å²) in [4.78, 5) is 12.1. The molecule has 1 atom stereocenters. The fraction of sp³-hybridized carbons (Fsp3) is 0.227. The monoisotopic (exact) mass is 388 g/mol. The Morgan fingerprint density at radius 1 is 0.964 bits per heavy atom. The Morgan fingerprint density at radius 3 is 2.25 bits per heavy atom. The van der Waals surface area contributed by atoms with Crippen molar-refractivity contribution in [1.82, 2.24) is 0 Å². The van der Waals surface area contributed by atoms with Crippen LogP contribution in [0, 0.1) is 0 Å². The predicted octanol–water partition coefficient (Wildman–Crippen LogP) is 6.32. The first kappa shape index (κ1) is 19.7. The molecule has 0 radical (unpaired) electrons. The summed E-state index contributed by atoms with van der Waals surface area (Å²) in [5.41, 5.74) is 0.0668. The minimum absolute atomic E-state index is 0.296. The van der Waals surface area contributed by atoms with Crippen molar-refractivity contribution in [2.45, 2.75) is 25.9 Å². The Balaban J connectivity index is 1.95. The van der Waals surface area contributed by atoms with Gasteiger partial charge in [0.2, 0.25) is 0 Å². The maximum atomic E-state index is 12.7. The van der Waals surface area contributed by atoms with Gasteiger partial charge < -0.3 is 9.47 Å². The lowest BCUT2D eigenvalue weighted by atomic mass is 9.94. The van der Waals surface area contributed by atoms with E-state index in [-0.39, 0.29) is 5.97 Å². The van der Waals surface area contributed by atoms with Crippen molar-refractivity contribution in [1.29, 1.82) is 0 Å². The van der Waals surface area contributed by atoms with Crippen LogP contribution in [0.5, 0.6) is 11.5 Å². The van der Waals surface area contributed by atoms with Crippen LogP contribution in [0.25, 0.3) is 10.8 Å². The minimum Gasteiger partial charge on any atom is -0.466 e. The molecular weight excluding hydrogens is 369 g/mol. The van der Waals surface area contributed by atoms with Crippen molar-refractivity contribution in [3.8, 4) is 11.5 Å². The number of ether oxygens (including phenoxy) is 2. The summed E-state index contributed by atoms with van der Waals surface area (Å²) in [6.07, 6.45) is -4.39. The van der Waals surface area contributed by atoms with Crippen molar-refractivity contribution in [3.05, 3.63) is 71.8 Å². The first-order valence-corrected chi connectivity index (χ1v) is 8.84. The zero-order valence-corrected chi connectivity index (χ0v) is 15.4. The Morgan fingerprint density at radius 2 is 1.61 bits per heavy atom. The molecule has 3 aromatic carbocycles. The molecule has 0 spiro atoms. The van der Waals surface area contributed by atoms with Gasteiger partial charge in [0.25, 0.3) is 0 Å². The lowest BCUT2D eigenvalue weighted by Crippen LogP contribution is -2.13. The first-order chi connectivity index (χ1) is 13.3. The molecule has 0 heterocycles. The maximum absolute atomic E-state index is 12.7. The van der Waals surface area contributed by atoms with E-state index in [0.717, 1.165) is 28.5 Å². The quantitative estimate of drug-likeness (QED) is 0.480. The third kappa shape index (κ3) is 4.11. The normalized spacial score (nSPS) is 12.6. The Hall–Kier alpha value is -3.02. The molecule has 0 amide bonds. The van der Waals surface area contributed by atoms with Gasteiger partial charge in [0.15, 0.2) is 0 Å². The largest absolute Gasteiger partial charge is 0.466 e. The average Bonchev–Trinajstić information content (AvgIpc) is 2.67. The number of benzene rings is 3. The highest BCUT2D eigenvalue weighted by atomic mass is 19.4. The van der Waals surface area contributed by atoms with Crippen LogP contribution in [0.3, 0.4) is 0 Å². The van der Waals surface area contributed by atoms with Gasteiger partial charge in [-0.25, -0.2) is 0 Å². The standard InChI is InChI=1S/C22H19F3O3/c1-3-27-21(26)14(2)17-6-4-8-19-18(17)7-5-9-20(19)28-16-12-10-15(11-13-16)22(23,24)25/h4-14H,3H2,1-2H3. The van der Waals surface area contributed by atoms with Gasteiger partial charge in [0, 0.05) is 5.39 Å². The zero-order chi connectivity index (χ0) is 20.3. The highest BCUT2D eigenvalue weighted by molar-refractivity contribution is 5.94. The number of alkyl halides is 3. The van der Waals surface area contributed by atoms with E-state index >= 15 is 0 Å². The molecule has 0 saturated heterocycles. The van der Waals surface area contributed by atoms with Crippen molar-refractivity contribution in [2.75, 3.05) is 6.61 Å². The van der Waals surface area contributed by atoms with E-state index in [9.17, 15) is 18.0 Å². The zero-order valence-electron chi connectivity index (χ0n) is 15.4. The van der Waals surface area contributed by atoms with Gasteiger partial charge in [-0.1, -0.05) is 30.3 Å².